The first-order chi connectivity index (χ1) is 9.42. The number of esters is 1. The fourth-order valence-electron chi connectivity index (χ4n) is 2.19. The van der Waals surface area contributed by atoms with Gasteiger partial charge in [0.1, 0.15) is 6.10 Å². The van der Waals surface area contributed by atoms with E-state index < -0.39 is 0 Å². The Labute approximate surface area is 120 Å². The van der Waals surface area contributed by atoms with Crippen molar-refractivity contribution in [1.82, 2.24) is 0 Å². The van der Waals surface area contributed by atoms with E-state index in [1.165, 1.54) is 14.0 Å². The molecule has 0 aliphatic heterocycles. The molecule has 20 heavy (non-hydrogen) atoms. The third kappa shape index (κ3) is 5.51. The van der Waals surface area contributed by atoms with Crippen LogP contribution in [0.2, 0.25) is 0 Å². The molecule has 0 radical (unpaired) electrons. The van der Waals surface area contributed by atoms with Crippen molar-refractivity contribution in [2.24, 2.45) is 5.92 Å². The molecule has 1 aromatic carbocycles. The smallest absolute Gasteiger partial charge is 0.302 e. The zero-order valence-electron chi connectivity index (χ0n) is 12.7. The summed E-state index contributed by atoms with van der Waals surface area (Å²) in [5, 5.41) is 9.56. The van der Waals surface area contributed by atoms with E-state index in [2.05, 4.69) is 13.8 Å². The molecule has 0 saturated carbocycles. The van der Waals surface area contributed by atoms with Gasteiger partial charge >= 0.3 is 5.97 Å². The van der Waals surface area contributed by atoms with Gasteiger partial charge in [-0.3, -0.25) is 4.79 Å². The number of aromatic hydroxyl groups is 1. The van der Waals surface area contributed by atoms with Gasteiger partial charge in [-0.1, -0.05) is 19.9 Å². The summed E-state index contributed by atoms with van der Waals surface area (Å²) in [6, 6.07) is 5.30. The Morgan fingerprint density at radius 2 is 2.05 bits per heavy atom. The third-order valence-corrected chi connectivity index (χ3v) is 3.07. The van der Waals surface area contributed by atoms with Crippen LogP contribution >= 0.6 is 0 Å². The Balaban J connectivity index is 2.64. The topological polar surface area (TPSA) is 55.8 Å². The van der Waals surface area contributed by atoms with E-state index in [0.717, 1.165) is 24.8 Å². The number of ether oxygens (including phenoxy) is 2. The van der Waals surface area contributed by atoms with Gasteiger partial charge in [-0.25, -0.2) is 0 Å². The predicted molar refractivity (Wildman–Crippen MR) is 78.0 cm³/mol. The standard InChI is InChI=1S/C16H24O4/c1-11(2)9-14(20-12(3)17)7-5-13-6-8-15(18)16(10-13)19-4/h6,8,10-11,14,18H,5,7,9H2,1-4H3/t14-/m1/s1. The molecule has 4 nitrogen and oxygen atoms in total. The normalized spacial score (nSPS) is 12.2. The lowest BCUT2D eigenvalue weighted by Crippen LogP contribution is -2.19. The van der Waals surface area contributed by atoms with Crippen LogP contribution in [0.3, 0.4) is 0 Å². The molecule has 0 fully saturated rings. The molecule has 112 valence electrons. The number of phenolic OH excluding ortho intramolecular Hbond substituents is 1. The van der Waals surface area contributed by atoms with Gasteiger partial charge in [-0.15, -0.1) is 0 Å². The molecule has 0 aromatic heterocycles. The summed E-state index contributed by atoms with van der Waals surface area (Å²) in [7, 11) is 1.53. The SMILES string of the molecule is COc1cc(CC[C@H](CC(C)C)OC(C)=O)ccc1O. The van der Waals surface area contributed by atoms with Crippen molar-refractivity contribution in [3.8, 4) is 11.5 Å². The average molecular weight is 280 g/mol. The molecular weight excluding hydrogens is 256 g/mol. The van der Waals surface area contributed by atoms with Crippen molar-refractivity contribution >= 4 is 5.97 Å². The summed E-state index contributed by atoms with van der Waals surface area (Å²) < 4.78 is 10.4. The molecule has 1 atom stereocenters. The first kappa shape index (κ1) is 16.3. The highest BCUT2D eigenvalue weighted by Crippen LogP contribution is 2.27. The second-order valence-electron chi connectivity index (χ2n) is 5.41. The number of aryl methyl sites for hydroxylation is 1. The quantitative estimate of drug-likeness (QED) is 0.778. The van der Waals surface area contributed by atoms with Crippen molar-refractivity contribution in [3.05, 3.63) is 23.8 Å². The highest BCUT2D eigenvalue weighted by Gasteiger charge is 2.14. The summed E-state index contributed by atoms with van der Waals surface area (Å²) in [6.07, 6.45) is 2.34. The second-order valence-corrected chi connectivity index (χ2v) is 5.41. The Hall–Kier alpha value is -1.71. The lowest BCUT2D eigenvalue weighted by molar-refractivity contribution is -0.147. The van der Waals surface area contributed by atoms with Crippen LogP contribution in [0, 0.1) is 5.92 Å². The Bertz CT molecular complexity index is 440. The summed E-state index contributed by atoms with van der Waals surface area (Å²) in [4.78, 5) is 11.1. The molecule has 1 aromatic rings. The van der Waals surface area contributed by atoms with E-state index in [9.17, 15) is 9.90 Å². The van der Waals surface area contributed by atoms with Gasteiger partial charge in [-0.05, 0) is 42.9 Å². The van der Waals surface area contributed by atoms with Gasteiger partial charge in [0.05, 0.1) is 7.11 Å². The zero-order chi connectivity index (χ0) is 15.1. The largest absolute Gasteiger partial charge is 0.504 e. The van der Waals surface area contributed by atoms with Crippen molar-refractivity contribution in [2.45, 2.75) is 46.1 Å². The lowest BCUT2D eigenvalue weighted by atomic mass is 9.99. The van der Waals surface area contributed by atoms with Gasteiger partial charge in [0.15, 0.2) is 11.5 Å². The Kier molecular flexibility index (Phi) is 6.36. The highest BCUT2D eigenvalue weighted by atomic mass is 16.5. The van der Waals surface area contributed by atoms with Crippen LogP contribution in [0.1, 0.15) is 39.2 Å². The minimum Gasteiger partial charge on any atom is -0.504 e. The van der Waals surface area contributed by atoms with Gasteiger partial charge in [0.2, 0.25) is 0 Å². The van der Waals surface area contributed by atoms with E-state index in [0.29, 0.717) is 11.7 Å². The fourth-order valence-corrected chi connectivity index (χ4v) is 2.19. The summed E-state index contributed by atoms with van der Waals surface area (Å²) >= 11 is 0. The van der Waals surface area contributed by atoms with Gasteiger partial charge < -0.3 is 14.6 Å². The first-order valence-electron chi connectivity index (χ1n) is 6.95. The monoisotopic (exact) mass is 280 g/mol. The van der Waals surface area contributed by atoms with E-state index in [1.54, 1.807) is 6.07 Å². The van der Waals surface area contributed by atoms with Crippen molar-refractivity contribution < 1.29 is 19.4 Å². The number of hydrogen-bond acceptors (Lipinski definition) is 4. The van der Waals surface area contributed by atoms with Crippen LogP contribution in [0.15, 0.2) is 18.2 Å². The number of hydrogen-bond donors (Lipinski definition) is 1. The molecular formula is C16H24O4. The van der Waals surface area contributed by atoms with Crippen molar-refractivity contribution in [1.29, 1.82) is 0 Å². The van der Waals surface area contributed by atoms with Gasteiger partial charge in [0, 0.05) is 6.92 Å². The molecule has 0 unspecified atom stereocenters. The molecule has 0 aliphatic rings. The maximum atomic E-state index is 11.1. The third-order valence-electron chi connectivity index (χ3n) is 3.07. The van der Waals surface area contributed by atoms with E-state index in [-0.39, 0.29) is 17.8 Å². The average Bonchev–Trinajstić information content (AvgIpc) is 2.36. The Morgan fingerprint density at radius 3 is 2.60 bits per heavy atom. The van der Waals surface area contributed by atoms with Crippen molar-refractivity contribution in [3.63, 3.8) is 0 Å². The van der Waals surface area contributed by atoms with Crippen LogP contribution in [-0.4, -0.2) is 24.3 Å². The van der Waals surface area contributed by atoms with Gasteiger partial charge in [-0.2, -0.15) is 0 Å². The second kappa shape index (κ2) is 7.78. The van der Waals surface area contributed by atoms with E-state index >= 15 is 0 Å². The minimum atomic E-state index is -0.237. The van der Waals surface area contributed by atoms with Gasteiger partial charge in [0.25, 0.3) is 0 Å². The summed E-state index contributed by atoms with van der Waals surface area (Å²) in [5.74, 6) is 0.845. The van der Waals surface area contributed by atoms with Crippen LogP contribution in [0.25, 0.3) is 0 Å². The Morgan fingerprint density at radius 1 is 1.35 bits per heavy atom. The number of methoxy groups -OCH3 is 1. The summed E-state index contributed by atoms with van der Waals surface area (Å²) in [6.45, 7) is 5.66. The van der Waals surface area contributed by atoms with E-state index in [4.69, 9.17) is 9.47 Å². The van der Waals surface area contributed by atoms with Crippen LogP contribution in [0.5, 0.6) is 11.5 Å². The lowest BCUT2D eigenvalue weighted by Gasteiger charge is -2.19. The zero-order valence-corrected chi connectivity index (χ0v) is 12.7. The van der Waals surface area contributed by atoms with E-state index in [1.807, 2.05) is 12.1 Å². The number of carbonyl (C=O) groups excluding carboxylic acids is 1. The predicted octanol–water partition coefficient (Wildman–Crippen LogP) is 3.31. The molecule has 4 heteroatoms. The molecule has 1 rings (SSSR count). The molecule has 0 saturated heterocycles. The number of carbonyl (C=O) groups is 1. The van der Waals surface area contributed by atoms with Crippen molar-refractivity contribution in [2.75, 3.05) is 7.11 Å². The molecule has 0 amide bonds. The van der Waals surface area contributed by atoms with Crippen LogP contribution in [0.4, 0.5) is 0 Å². The molecule has 0 aliphatic carbocycles. The number of rotatable bonds is 7. The minimum absolute atomic E-state index is 0.0627. The molecule has 1 N–H and O–H groups in total. The van der Waals surface area contributed by atoms with Crippen LogP contribution < -0.4 is 4.74 Å². The highest BCUT2D eigenvalue weighted by molar-refractivity contribution is 5.66. The first-order valence-corrected chi connectivity index (χ1v) is 6.95. The maximum Gasteiger partial charge on any atom is 0.302 e. The number of phenols is 1. The molecule has 0 spiro atoms. The fraction of sp³-hybridized carbons (Fsp3) is 0.562. The molecule has 0 heterocycles. The van der Waals surface area contributed by atoms with Crippen LogP contribution in [-0.2, 0) is 16.0 Å². The number of benzene rings is 1. The summed E-state index contributed by atoms with van der Waals surface area (Å²) in [5.41, 5.74) is 1.06. The maximum absolute atomic E-state index is 11.1. The molecule has 0 bridgehead atoms.